The number of phenols is 1. The monoisotopic (exact) mass is 257 g/mol. The number of halogens is 1. The number of phenolic OH excluding ortho intramolecular Hbond substituents is 1. The summed E-state index contributed by atoms with van der Waals surface area (Å²) < 4.78 is 1.01. The van der Waals surface area contributed by atoms with Crippen LogP contribution in [-0.2, 0) is 6.42 Å². The third kappa shape index (κ3) is 2.72. The summed E-state index contributed by atoms with van der Waals surface area (Å²) in [5, 5.41) is 9.80. The average Bonchev–Trinajstić information content (AvgIpc) is 2.13. The summed E-state index contributed by atoms with van der Waals surface area (Å²) in [7, 11) is 0. The average molecular weight is 258 g/mol. The second-order valence-electron chi connectivity index (χ2n) is 3.78. The molecular formula is C11H16BrNO. The quantitative estimate of drug-likeness (QED) is 0.875. The lowest BCUT2D eigenvalue weighted by molar-refractivity contribution is 0.456. The van der Waals surface area contributed by atoms with Crippen molar-refractivity contribution in [2.45, 2.75) is 20.3 Å². The van der Waals surface area contributed by atoms with Crippen molar-refractivity contribution in [3.63, 3.8) is 0 Å². The Morgan fingerprint density at radius 2 is 2.14 bits per heavy atom. The molecule has 1 aromatic carbocycles. The Hall–Kier alpha value is -0.540. The molecule has 1 rings (SSSR count). The number of aryl methyl sites for hydroxylation is 1. The molecule has 1 aromatic rings. The molecule has 0 heterocycles. The zero-order valence-corrected chi connectivity index (χ0v) is 10.1. The SMILES string of the molecule is Cc1cc(Br)cc(CC(C)CN)c1O. The molecule has 0 spiro atoms. The maximum atomic E-state index is 9.80. The molecule has 0 fully saturated rings. The van der Waals surface area contributed by atoms with Crippen molar-refractivity contribution in [1.29, 1.82) is 0 Å². The Kier molecular flexibility index (Phi) is 3.96. The minimum atomic E-state index is 0.397. The Morgan fingerprint density at radius 3 is 2.71 bits per heavy atom. The van der Waals surface area contributed by atoms with Crippen LogP contribution in [0.1, 0.15) is 18.1 Å². The van der Waals surface area contributed by atoms with E-state index in [-0.39, 0.29) is 0 Å². The highest BCUT2D eigenvalue weighted by Gasteiger charge is 2.09. The van der Waals surface area contributed by atoms with Gasteiger partial charge < -0.3 is 10.8 Å². The Labute approximate surface area is 93.3 Å². The molecule has 0 amide bonds. The van der Waals surface area contributed by atoms with E-state index in [1.165, 1.54) is 0 Å². The fraction of sp³-hybridized carbons (Fsp3) is 0.455. The van der Waals surface area contributed by atoms with Crippen molar-refractivity contribution < 1.29 is 5.11 Å². The zero-order valence-electron chi connectivity index (χ0n) is 8.55. The number of benzene rings is 1. The molecule has 78 valence electrons. The fourth-order valence-corrected chi connectivity index (χ4v) is 2.04. The molecule has 0 aromatic heterocycles. The Bertz CT molecular complexity index is 325. The van der Waals surface area contributed by atoms with E-state index in [4.69, 9.17) is 5.73 Å². The van der Waals surface area contributed by atoms with Crippen LogP contribution < -0.4 is 5.73 Å². The highest BCUT2D eigenvalue weighted by atomic mass is 79.9. The van der Waals surface area contributed by atoms with E-state index in [9.17, 15) is 5.11 Å². The molecular weight excluding hydrogens is 242 g/mol. The van der Waals surface area contributed by atoms with Crippen molar-refractivity contribution in [3.05, 3.63) is 27.7 Å². The number of hydrogen-bond acceptors (Lipinski definition) is 2. The minimum absolute atomic E-state index is 0.397. The summed E-state index contributed by atoms with van der Waals surface area (Å²) in [6.45, 7) is 4.62. The molecule has 0 saturated carbocycles. The van der Waals surface area contributed by atoms with Crippen LogP contribution in [0.5, 0.6) is 5.75 Å². The molecule has 1 atom stereocenters. The molecule has 0 aliphatic heterocycles. The molecule has 0 radical (unpaired) electrons. The van der Waals surface area contributed by atoms with Crippen LogP contribution in [0.2, 0.25) is 0 Å². The maximum absolute atomic E-state index is 9.80. The summed E-state index contributed by atoms with van der Waals surface area (Å²) in [5.74, 6) is 0.795. The van der Waals surface area contributed by atoms with Gasteiger partial charge in [0.1, 0.15) is 5.75 Å². The zero-order chi connectivity index (χ0) is 10.7. The van der Waals surface area contributed by atoms with Crippen LogP contribution in [0, 0.1) is 12.8 Å². The maximum Gasteiger partial charge on any atom is 0.121 e. The summed E-state index contributed by atoms with van der Waals surface area (Å²) >= 11 is 3.42. The van der Waals surface area contributed by atoms with Gasteiger partial charge >= 0.3 is 0 Å². The smallest absolute Gasteiger partial charge is 0.121 e. The van der Waals surface area contributed by atoms with Crippen LogP contribution in [-0.4, -0.2) is 11.7 Å². The van der Waals surface area contributed by atoms with Crippen molar-refractivity contribution >= 4 is 15.9 Å². The molecule has 14 heavy (non-hydrogen) atoms. The number of rotatable bonds is 3. The van der Waals surface area contributed by atoms with Crippen molar-refractivity contribution in [3.8, 4) is 5.75 Å². The van der Waals surface area contributed by atoms with Gasteiger partial charge in [0, 0.05) is 4.47 Å². The predicted octanol–water partition coefficient (Wildman–Crippen LogP) is 2.60. The molecule has 0 aliphatic carbocycles. The van der Waals surface area contributed by atoms with Gasteiger partial charge in [-0.2, -0.15) is 0 Å². The largest absolute Gasteiger partial charge is 0.507 e. The molecule has 3 heteroatoms. The lowest BCUT2D eigenvalue weighted by Crippen LogP contribution is -2.13. The predicted molar refractivity (Wildman–Crippen MR) is 62.5 cm³/mol. The van der Waals surface area contributed by atoms with E-state index in [1.807, 2.05) is 19.1 Å². The van der Waals surface area contributed by atoms with E-state index < -0.39 is 0 Å². The van der Waals surface area contributed by atoms with Crippen LogP contribution in [0.3, 0.4) is 0 Å². The van der Waals surface area contributed by atoms with Crippen molar-refractivity contribution in [2.75, 3.05) is 6.54 Å². The molecule has 3 N–H and O–H groups in total. The topological polar surface area (TPSA) is 46.2 Å². The van der Waals surface area contributed by atoms with Gasteiger partial charge in [-0.15, -0.1) is 0 Å². The van der Waals surface area contributed by atoms with E-state index in [1.54, 1.807) is 0 Å². The number of aromatic hydroxyl groups is 1. The highest BCUT2D eigenvalue weighted by molar-refractivity contribution is 9.10. The Morgan fingerprint density at radius 1 is 1.50 bits per heavy atom. The van der Waals surface area contributed by atoms with Crippen molar-refractivity contribution in [1.82, 2.24) is 0 Å². The standard InChI is InChI=1S/C11H16BrNO/c1-7(6-13)3-9-5-10(12)4-8(2)11(9)14/h4-5,7,14H,3,6,13H2,1-2H3. The summed E-state index contributed by atoms with van der Waals surface area (Å²) in [4.78, 5) is 0. The molecule has 0 bridgehead atoms. The second kappa shape index (κ2) is 4.80. The van der Waals surface area contributed by atoms with Crippen LogP contribution in [0.25, 0.3) is 0 Å². The summed E-state index contributed by atoms with van der Waals surface area (Å²) in [5.41, 5.74) is 7.42. The van der Waals surface area contributed by atoms with Gasteiger partial charge in [-0.05, 0) is 49.1 Å². The lowest BCUT2D eigenvalue weighted by Gasteiger charge is -2.12. The normalized spacial score (nSPS) is 12.9. The fourth-order valence-electron chi connectivity index (χ4n) is 1.42. The van der Waals surface area contributed by atoms with Crippen molar-refractivity contribution in [2.24, 2.45) is 11.7 Å². The van der Waals surface area contributed by atoms with Gasteiger partial charge in [-0.1, -0.05) is 22.9 Å². The van der Waals surface area contributed by atoms with E-state index in [0.29, 0.717) is 18.2 Å². The van der Waals surface area contributed by atoms with Crippen LogP contribution in [0.15, 0.2) is 16.6 Å². The van der Waals surface area contributed by atoms with E-state index in [2.05, 4.69) is 22.9 Å². The lowest BCUT2D eigenvalue weighted by atomic mass is 9.99. The third-order valence-electron chi connectivity index (χ3n) is 2.31. The first-order valence-corrected chi connectivity index (χ1v) is 5.52. The van der Waals surface area contributed by atoms with Gasteiger partial charge in [0.25, 0.3) is 0 Å². The first-order valence-electron chi connectivity index (χ1n) is 4.72. The van der Waals surface area contributed by atoms with Crippen LogP contribution >= 0.6 is 15.9 Å². The number of hydrogen-bond donors (Lipinski definition) is 2. The summed E-state index contributed by atoms with van der Waals surface area (Å²) in [6, 6.07) is 3.86. The van der Waals surface area contributed by atoms with E-state index >= 15 is 0 Å². The van der Waals surface area contributed by atoms with Gasteiger partial charge in [0.15, 0.2) is 0 Å². The van der Waals surface area contributed by atoms with Gasteiger partial charge in [0.2, 0.25) is 0 Å². The van der Waals surface area contributed by atoms with E-state index in [0.717, 1.165) is 22.0 Å². The molecule has 0 aliphatic rings. The number of nitrogens with two attached hydrogens (primary N) is 1. The molecule has 0 saturated heterocycles. The summed E-state index contributed by atoms with van der Waals surface area (Å²) in [6.07, 6.45) is 0.822. The first kappa shape index (κ1) is 11.5. The molecule has 1 unspecified atom stereocenters. The van der Waals surface area contributed by atoms with Gasteiger partial charge in [-0.25, -0.2) is 0 Å². The molecule has 2 nitrogen and oxygen atoms in total. The van der Waals surface area contributed by atoms with Crippen LogP contribution in [0.4, 0.5) is 0 Å². The van der Waals surface area contributed by atoms with Gasteiger partial charge in [-0.3, -0.25) is 0 Å². The minimum Gasteiger partial charge on any atom is -0.507 e. The first-order chi connectivity index (χ1) is 6.54. The van der Waals surface area contributed by atoms with Gasteiger partial charge in [0.05, 0.1) is 0 Å². The Balaban J connectivity index is 2.96. The third-order valence-corrected chi connectivity index (χ3v) is 2.77. The highest BCUT2D eigenvalue weighted by Crippen LogP contribution is 2.28. The second-order valence-corrected chi connectivity index (χ2v) is 4.69.